The van der Waals surface area contributed by atoms with Gasteiger partial charge in [0, 0.05) is 16.1 Å². The van der Waals surface area contributed by atoms with Crippen molar-refractivity contribution in [2.24, 2.45) is 5.92 Å². The molecule has 0 fully saturated rings. The van der Waals surface area contributed by atoms with Crippen molar-refractivity contribution in [3.63, 3.8) is 0 Å². The van der Waals surface area contributed by atoms with Gasteiger partial charge in [-0.25, -0.2) is 0 Å². The van der Waals surface area contributed by atoms with Crippen molar-refractivity contribution >= 4 is 62.8 Å². The van der Waals surface area contributed by atoms with Crippen LogP contribution in [-0.2, 0) is 19.1 Å². The summed E-state index contributed by atoms with van der Waals surface area (Å²) in [5, 5.41) is 15.9. The standard InChI is InChI=1S/C25H23BrClN3O5S/c1-4-35-19-8-5-14(10-17(19)27)21-16(11-28)24(30-23(32)22(21)25(33)34-3)36-12-20(31)29-18-7-6-15(26)9-13(18)2/h5-10,21-22H,4,12H2,1-3H3,(H,29,31)(H,30,32)/t21-,22-/m1/s1. The summed E-state index contributed by atoms with van der Waals surface area (Å²) in [6, 6.07) is 12.4. The molecule has 11 heteroatoms. The number of esters is 1. The number of nitriles is 1. The zero-order valence-electron chi connectivity index (χ0n) is 19.7. The first-order chi connectivity index (χ1) is 17.2. The fraction of sp³-hybridized carbons (Fsp3) is 0.280. The molecule has 2 atom stereocenters. The van der Waals surface area contributed by atoms with Gasteiger partial charge in [0.15, 0.2) is 0 Å². The van der Waals surface area contributed by atoms with E-state index in [1.807, 2.05) is 26.0 Å². The highest BCUT2D eigenvalue weighted by Crippen LogP contribution is 2.42. The van der Waals surface area contributed by atoms with E-state index in [-0.39, 0.29) is 27.3 Å². The number of amides is 2. The molecule has 3 rings (SSSR count). The number of benzene rings is 2. The summed E-state index contributed by atoms with van der Waals surface area (Å²) < 4.78 is 11.2. The molecule has 1 aliphatic heterocycles. The minimum atomic E-state index is -1.30. The van der Waals surface area contributed by atoms with Crippen LogP contribution in [0, 0.1) is 24.2 Å². The van der Waals surface area contributed by atoms with Crippen molar-refractivity contribution in [3.05, 3.63) is 67.6 Å². The van der Waals surface area contributed by atoms with E-state index in [0.717, 1.165) is 21.8 Å². The first-order valence-corrected chi connectivity index (χ1v) is 13.0. The number of halogens is 2. The monoisotopic (exact) mass is 591 g/mol. The maximum atomic E-state index is 13.0. The van der Waals surface area contributed by atoms with E-state index < -0.39 is 23.7 Å². The molecule has 2 amide bonds. The molecular formula is C25H23BrClN3O5S. The molecule has 0 aromatic heterocycles. The lowest BCUT2D eigenvalue weighted by atomic mass is 9.78. The van der Waals surface area contributed by atoms with Gasteiger partial charge in [0.05, 0.1) is 41.2 Å². The van der Waals surface area contributed by atoms with E-state index in [1.165, 1.54) is 7.11 Å². The second kappa shape index (κ2) is 12.3. The predicted octanol–water partition coefficient (Wildman–Crippen LogP) is 4.92. The van der Waals surface area contributed by atoms with Crippen LogP contribution in [0.15, 0.2) is 51.5 Å². The third-order valence-electron chi connectivity index (χ3n) is 5.41. The van der Waals surface area contributed by atoms with Gasteiger partial charge in [-0.2, -0.15) is 5.26 Å². The van der Waals surface area contributed by atoms with Crippen LogP contribution in [0.25, 0.3) is 0 Å². The third-order valence-corrected chi connectivity index (χ3v) is 7.21. The van der Waals surface area contributed by atoms with Gasteiger partial charge in [-0.05, 0) is 55.3 Å². The molecule has 0 saturated carbocycles. The summed E-state index contributed by atoms with van der Waals surface area (Å²) in [7, 11) is 1.17. The van der Waals surface area contributed by atoms with Crippen LogP contribution >= 0.6 is 39.3 Å². The van der Waals surface area contributed by atoms with Gasteiger partial charge in [0.1, 0.15) is 11.7 Å². The summed E-state index contributed by atoms with van der Waals surface area (Å²) in [5.74, 6) is -3.64. The number of hydrogen-bond donors (Lipinski definition) is 2. The first kappa shape index (κ1) is 27.6. The Morgan fingerprint density at radius 3 is 2.64 bits per heavy atom. The van der Waals surface area contributed by atoms with Crippen LogP contribution < -0.4 is 15.4 Å². The highest BCUT2D eigenvalue weighted by Gasteiger charge is 2.44. The van der Waals surface area contributed by atoms with Crippen molar-refractivity contribution in [2.45, 2.75) is 19.8 Å². The van der Waals surface area contributed by atoms with E-state index in [9.17, 15) is 19.6 Å². The molecule has 0 saturated heterocycles. The van der Waals surface area contributed by atoms with Crippen LogP contribution in [-0.4, -0.2) is 37.3 Å². The van der Waals surface area contributed by atoms with Crippen LogP contribution in [0.1, 0.15) is 24.0 Å². The molecule has 0 spiro atoms. The molecule has 0 bridgehead atoms. The summed E-state index contributed by atoms with van der Waals surface area (Å²) in [6.45, 7) is 4.09. The Balaban J connectivity index is 1.92. The Bertz CT molecular complexity index is 1280. The molecule has 188 valence electrons. The fourth-order valence-electron chi connectivity index (χ4n) is 3.75. The van der Waals surface area contributed by atoms with Crippen LogP contribution in [0.3, 0.4) is 0 Å². The summed E-state index contributed by atoms with van der Waals surface area (Å²) >= 11 is 10.7. The van der Waals surface area contributed by atoms with Crippen molar-refractivity contribution in [1.82, 2.24) is 5.32 Å². The first-order valence-electron chi connectivity index (χ1n) is 10.8. The second-order valence-corrected chi connectivity index (χ2v) is 10.0. The normalized spacial score (nSPS) is 17.2. The van der Waals surface area contributed by atoms with Crippen LogP contribution in [0.5, 0.6) is 5.75 Å². The molecule has 0 aliphatic carbocycles. The lowest BCUT2D eigenvalue weighted by Crippen LogP contribution is -2.44. The number of aryl methyl sites for hydroxylation is 1. The number of methoxy groups -OCH3 is 1. The number of nitrogens with zero attached hydrogens (tertiary/aromatic N) is 1. The highest BCUT2D eigenvalue weighted by atomic mass is 79.9. The zero-order chi connectivity index (χ0) is 26.4. The van der Waals surface area contributed by atoms with Gasteiger partial charge >= 0.3 is 5.97 Å². The Hall–Kier alpha value is -3.00. The molecule has 8 nitrogen and oxygen atoms in total. The number of ether oxygens (including phenoxy) is 2. The van der Waals surface area contributed by atoms with Gasteiger partial charge < -0.3 is 20.1 Å². The minimum absolute atomic E-state index is 0.0735. The Kier molecular flexibility index (Phi) is 9.43. The number of nitrogens with one attached hydrogen (secondary N) is 2. The van der Waals surface area contributed by atoms with Crippen molar-refractivity contribution in [3.8, 4) is 11.8 Å². The largest absolute Gasteiger partial charge is 0.492 e. The average molecular weight is 593 g/mol. The Morgan fingerprint density at radius 1 is 1.28 bits per heavy atom. The molecule has 0 unspecified atom stereocenters. The fourth-order valence-corrected chi connectivity index (χ4v) is 5.32. The van der Waals surface area contributed by atoms with Crippen LogP contribution in [0.2, 0.25) is 5.02 Å². The van der Waals surface area contributed by atoms with Crippen molar-refractivity contribution in [2.75, 3.05) is 24.8 Å². The van der Waals surface area contributed by atoms with Gasteiger partial charge in [0.25, 0.3) is 0 Å². The maximum Gasteiger partial charge on any atom is 0.319 e. The molecular weight excluding hydrogens is 570 g/mol. The highest BCUT2D eigenvalue weighted by molar-refractivity contribution is 9.10. The number of anilines is 1. The van der Waals surface area contributed by atoms with Crippen molar-refractivity contribution in [1.29, 1.82) is 5.26 Å². The molecule has 36 heavy (non-hydrogen) atoms. The predicted molar refractivity (Wildman–Crippen MR) is 142 cm³/mol. The minimum Gasteiger partial charge on any atom is -0.492 e. The third kappa shape index (κ3) is 6.22. The summed E-state index contributed by atoms with van der Waals surface area (Å²) in [5.41, 5.74) is 2.12. The van der Waals surface area contributed by atoms with Crippen LogP contribution in [0.4, 0.5) is 5.69 Å². The smallest absolute Gasteiger partial charge is 0.319 e. The van der Waals surface area contributed by atoms with Gasteiger partial charge in [-0.3, -0.25) is 14.4 Å². The van der Waals surface area contributed by atoms with E-state index >= 15 is 0 Å². The number of hydrogen-bond acceptors (Lipinski definition) is 7. The molecule has 2 N–H and O–H groups in total. The number of carbonyl (C=O) groups excluding carboxylic acids is 3. The number of allylic oxidation sites excluding steroid dienone is 1. The number of thioether (sulfide) groups is 1. The average Bonchev–Trinajstić information content (AvgIpc) is 2.84. The molecule has 2 aromatic rings. The van der Waals surface area contributed by atoms with Gasteiger partial charge in [-0.15, -0.1) is 0 Å². The molecule has 1 heterocycles. The summed E-state index contributed by atoms with van der Waals surface area (Å²) in [4.78, 5) is 38.2. The Morgan fingerprint density at radius 2 is 2.03 bits per heavy atom. The number of rotatable bonds is 8. The SMILES string of the molecule is CCOc1ccc([C@@H]2C(C#N)=C(SCC(=O)Nc3ccc(Br)cc3C)NC(=O)[C@@H]2C(=O)OC)cc1Cl. The Labute approximate surface area is 226 Å². The molecule has 2 aromatic carbocycles. The van der Waals surface area contributed by atoms with Gasteiger partial charge in [0.2, 0.25) is 11.8 Å². The zero-order valence-corrected chi connectivity index (χ0v) is 22.8. The van der Waals surface area contributed by atoms with Gasteiger partial charge in [-0.1, -0.05) is 45.4 Å². The lowest BCUT2D eigenvalue weighted by Gasteiger charge is -2.31. The van der Waals surface area contributed by atoms with E-state index in [1.54, 1.807) is 24.3 Å². The summed E-state index contributed by atoms with van der Waals surface area (Å²) in [6.07, 6.45) is 0. The quantitative estimate of drug-likeness (QED) is 0.330. The second-order valence-electron chi connectivity index (χ2n) is 7.74. The van der Waals surface area contributed by atoms with E-state index in [0.29, 0.717) is 23.6 Å². The molecule has 0 radical (unpaired) electrons. The topological polar surface area (TPSA) is 118 Å². The molecule has 1 aliphatic rings. The van der Waals surface area contributed by atoms with E-state index in [2.05, 4.69) is 32.6 Å². The van der Waals surface area contributed by atoms with Crippen molar-refractivity contribution < 1.29 is 23.9 Å². The number of carbonyl (C=O) groups is 3. The van der Waals surface area contributed by atoms with E-state index in [4.69, 9.17) is 21.1 Å². The maximum absolute atomic E-state index is 13.0. The lowest BCUT2D eigenvalue weighted by molar-refractivity contribution is -0.150.